The van der Waals surface area contributed by atoms with E-state index >= 15 is 0 Å². The molecule has 0 bridgehead atoms. The number of carbonyl (C=O) groups is 3. The number of unbranched alkanes of at least 4 members (excludes halogenated alkanes) is 26. The summed E-state index contributed by atoms with van der Waals surface area (Å²) in [7, 11) is 0. The second kappa shape index (κ2) is 58.9. The van der Waals surface area contributed by atoms with E-state index in [0.717, 1.165) is 103 Å². The van der Waals surface area contributed by atoms with Crippen LogP contribution < -0.4 is 0 Å². The number of hydrogen-bond donors (Lipinski definition) is 0. The highest BCUT2D eigenvalue weighted by molar-refractivity contribution is 5.71. The molecule has 406 valence electrons. The lowest BCUT2D eigenvalue weighted by Gasteiger charge is -2.18. The highest BCUT2D eigenvalue weighted by Crippen LogP contribution is 2.16. The molecule has 0 aliphatic rings. The van der Waals surface area contributed by atoms with E-state index in [1.807, 2.05) is 6.08 Å². The van der Waals surface area contributed by atoms with E-state index in [1.54, 1.807) is 0 Å². The first-order chi connectivity index (χ1) is 35.0. The predicted octanol–water partition coefficient (Wildman–Crippen LogP) is 20.1. The van der Waals surface area contributed by atoms with Crippen LogP contribution in [0.15, 0.2) is 97.2 Å². The summed E-state index contributed by atoms with van der Waals surface area (Å²) < 4.78 is 16.8. The van der Waals surface area contributed by atoms with Gasteiger partial charge in [-0.3, -0.25) is 14.4 Å². The third-order valence-electron chi connectivity index (χ3n) is 12.6. The Labute approximate surface area is 438 Å². The Morgan fingerprint density at radius 2 is 0.577 bits per heavy atom. The first-order valence-corrected chi connectivity index (χ1v) is 29.7. The van der Waals surface area contributed by atoms with E-state index in [0.29, 0.717) is 19.3 Å². The highest BCUT2D eigenvalue weighted by Gasteiger charge is 2.19. The Kier molecular flexibility index (Phi) is 55.9. The van der Waals surface area contributed by atoms with Crippen LogP contribution in [0.25, 0.3) is 0 Å². The van der Waals surface area contributed by atoms with E-state index in [2.05, 4.69) is 112 Å². The summed E-state index contributed by atoms with van der Waals surface area (Å²) in [6.45, 7) is 6.36. The minimum atomic E-state index is -0.814. The lowest BCUT2D eigenvalue weighted by molar-refractivity contribution is -0.166. The molecule has 0 aliphatic carbocycles. The monoisotopic (exact) mass is 987 g/mol. The van der Waals surface area contributed by atoms with Gasteiger partial charge in [0.25, 0.3) is 0 Å². The van der Waals surface area contributed by atoms with E-state index in [9.17, 15) is 14.4 Å². The molecule has 0 radical (unpaired) electrons. The summed E-state index contributed by atoms with van der Waals surface area (Å²) >= 11 is 0. The van der Waals surface area contributed by atoms with Gasteiger partial charge in [0.1, 0.15) is 13.2 Å². The fraction of sp³-hybridized carbons (Fsp3) is 0.708. The summed E-state index contributed by atoms with van der Waals surface area (Å²) in [5.74, 6) is -0.997. The molecule has 0 amide bonds. The van der Waals surface area contributed by atoms with Crippen molar-refractivity contribution in [2.45, 2.75) is 284 Å². The smallest absolute Gasteiger partial charge is 0.306 e. The first-order valence-electron chi connectivity index (χ1n) is 29.7. The second-order valence-electron chi connectivity index (χ2n) is 19.5. The van der Waals surface area contributed by atoms with Gasteiger partial charge in [-0.25, -0.2) is 0 Å². The molecular formula is C65H110O6. The summed E-state index contributed by atoms with van der Waals surface area (Å²) in [5, 5.41) is 0. The third kappa shape index (κ3) is 57.1. The SMILES string of the molecule is CC/C=C\C/C=C\C/C=C\C/C=C\CCCCCCCCC(=O)OC(COC(=O)CC/C=C\C/C=C\C/C=C\C/C=C\CC)COC(=O)CCCCCCCCCCCCCCCCCCCCCCC. The van der Waals surface area contributed by atoms with Crippen LogP contribution in [-0.2, 0) is 28.6 Å². The van der Waals surface area contributed by atoms with E-state index < -0.39 is 6.10 Å². The van der Waals surface area contributed by atoms with Gasteiger partial charge in [0.15, 0.2) is 6.10 Å². The molecule has 1 unspecified atom stereocenters. The Morgan fingerprint density at radius 3 is 0.944 bits per heavy atom. The predicted molar refractivity (Wildman–Crippen MR) is 307 cm³/mol. The molecule has 0 aromatic heterocycles. The molecule has 6 nitrogen and oxygen atoms in total. The number of rotatable bonds is 53. The van der Waals surface area contributed by atoms with Crippen molar-refractivity contribution < 1.29 is 28.6 Å². The van der Waals surface area contributed by atoms with Crippen molar-refractivity contribution in [3.8, 4) is 0 Å². The van der Waals surface area contributed by atoms with Gasteiger partial charge in [-0.2, -0.15) is 0 Å². The Balaban J connectivity index is 4.40. The van der Waals surface area contributed by atoms with Crippen LogP contribution in [-0.4, -0.2) is 37.2 Å². The lowest BCUT2D eigenvalue weighted by atomic mass is 10.0. The van der Waals surface area contributed by atoms with E-state index in [4.69, 9.17) is 14.2 Å². The van der Waals surface area contributed by atoms with Crippen molar-refractivity contribution in [2.24, 2.45) is 0 Å². The maximum absolute atomic E-state index is 12.9. The minimum absolute atomic E-state index is 0.104. The van der Waals surface area contributed by atoms with Crippen molar-refractivity contribution in [3.63, 3.8) is 0 Å². The topological polar surface area (TPSA) is 78.9 Å². The summed E-state index contributed by atoms with van der Waals surface area (Å²) in [6.07, 6.45) is 78.5. The first kappa shape index (κ1) is 67.3. The Hall–Kier alpha value is -3.67. The fourth-order valence-electron chi connectivity index (χ4n) is 8.21. The molecule has 0 heterocycles. The van der Waals surface area contributed by atoms with Crippen molar-refractivity contribution >= 4 is 17.9 Å². The molecule has 0 saturated carbocycles. The van der Waals surface area contributed by atoms with Crippen LogP contribution in [0.3, 0.4) is 0 Å². The number of esters is 3. The van der Waals surface area contributed by atoms with Crippen molar-refractivity contribution in [1.82, 2.24) is 0 Å². The normalized spacial score (nSPS) is 12.8. The number of allylic oxidation sites excluding steroid dienone is 16. The Bertz CT molecular complexity index is 1410. The zero-order valence-electron chi connectivity index (χ0n) is 46.5. The summed E-state index contributed by atoms with van der Waals surface area (Å²) in [4.78, 5) is 38.2. The average molecular weight is 988 g/mol. The molecular weight excluding hydrogens is 877 g/mol. The molecule has 0 aliphatic heterocycles. The van der Waals surface area contributed by atoms with Crippen molar-refractivity contribution in [1.29, 1.82) is 0 Å². The fourth-order valence-corrected chi connectivity index (χ4v) is 8.21. The van der Waals surface area contributed by atoms with Crippen LogP contribution in [0, 0.1) is 0 Å². The average Bonchev–Trinajstić information content (AvgIpc) is 3.37. The maximum Gasteiger partial charge on any atom is 0.306 e. The molecule has 71 heavy (non-hydrogen) atoms. The van der Waals surface area contributed by atoms with Crippen LogP contribution in [0.5, 0.6) is 0 Å². The van der Waals surface area contributed by atoms with Gasteiger partial charge in [0.05, 0.1) is 0 Å². The summed E-state index contributed by atoms with van der Waals surface area (Å²) in [5.41, 5.74) is 0. The van der Waals surface area contributed by atoms with Gasteiger partial charge >= 0.3 is 17.9 Å². The van der Waals surface area contributed by atoms with Crippen LogP contribution >= 0.6 is 0 Å². The standard InChI is InChI=1S/C65H110O6/c1-4-7-10-13-16-19-22-25-27-29-31-32-34-35-37-40-43-46-49-52-55-58-64(67)70-61-62(60-69-63(66)57-54-51-48-45-42-39-24-21-18-15-12-9-6-3)71-65(68)59-56-53-50-47-44-41-38-36-33-30-28-26-23-20-17-14-11-8-5-2/h8-9,11-12,17-18,20-21,26,28,33,36,39,42,48,51,62H,4-7,10,13-16,19,22-25,27,29-32,34-35,37-38,40-41,43-47,49-50,52-61H2,1-3H3/b11-8-,12-9-,20-17-,21-18-,28-26-,36-33-,42-39-,51-48-. The van der Waals surface area contributed by atoms with Gasteiger partial charge < -0.3 is 14.2 Å². The van der Waals surface area contributed by atoms with Gasteiger partial charge in [0, 0.05) is 19.3 Å². The van der Waals surface area contributed by atoms with Crippen LogP contribution in [0.2, 0.25) is 0 Å². The minimum Gasteiger partial charge on any atom is -0.462 e. The molecule has 1 atom stereocenters. The third-order valence-corrected chi connectivity index (χ3v) is 12.6. The zero-order chi connectivity index (χ0) is 51.4. The second-order valence-corrected chi connectivity index (χ2v) is 19.5. The van der Waals surface area contributed by atoms with Gasteiger partial charge in [-0.1, -0.05) is 272 Å². The van der Waals surface area contributed by atoms with Crippen molar-refractivity contribution in [2.75, 3.05) is 13.2 Å². The number of carbonyl (C=O) groups excluding carboxylic acids is 3. The summed E-state index contributed by atoms with van der Waals surface area (Å²) in [6, 6.07) is 0. The van der Waals surface area contributed by atoms with Crippen LogP contribution in [0.4, 0.5) is 0 Å². The van der Waals surface area contributed by atoms with Crippen molar-refractivity contribution in [3.05, 3.63) is 97.2 Å². The van der Waals surface area contributed by atoms with Gasteiger partial charge in [-0.05, 0) is 83.5 Å². The van der Waals surface area contributed by atoms with E-state index in [1.165, 1.54) is 128 Å². The number of hydrogen-bond acceptors (Lipinski definition) is 6. The lowest BCUT2D eigenvalue weighted by Crippen LogP contribution is -2.30. The van der Waals surface area contributed by atoms with E-state index in [-0.39, 0.29) is 37.5 Å². The molecule has 0 aromatic rings. The molecule has 0 N–H and O–H groups in total. The quantitative estimate of drug-likeness (QED) is 0.0261. The zero-order valence-corrected chi connectivity index (χ0v) is 46.5. The molecule has 6 heteroatoms. The van der Waals surface area contributed by atoms with Gasteiger partial charge in [0.2, 0.25) is 0 Å². The highest BCUT2D eigenvalue weighted by atomic mass is 16.6. The number of ether oxygens (including phenoxy) is 3. The maximum atomic E-state index is 12.9. The molecule has 0 rings (SSSR count). The Morgan fingerprint density at radius 1 is 0.296 bits per heavy atom. The molecule has 0 fully saturated rings. The molecule has 0 aromatic carbocycles. The van der Waals surface area contributed by atoms with Crippen LogP contribution in [0.1, 0.15) is 278 Å². The van der Waals surface area contributed by atoms with Gasteiger partial charge in [-0.15, -0.1) is 0 Å². The largest absolute Gasteiger partial charge is 0.462 e. The molecule has 0 saturated heterocycles. The molecule has 0 spiro atoms.